The number of hydrogen-bond acceptors (Lipinski definition) is 6. The molecule has 0 amide bonds. The fourth-order valence-corrected chi connectivity index (χ4v) is 2.63. The average molecular weight is 289 g/mol. The molecular formula is C14H27NO5. The molecule has 0 aromatic rings. The fourth-order valence-electron chi connectivity index (χ4n) is 2.63. The van der Waals surface area contributed by atoms with Gasteiger partial charge < -0.3 is 29.4 Å². The van der Waals surface area contributed by atoms with Crippen molar-refractivity contribution in [1.82, 2.24) is 0 Å². The number of hydrogen-bond donors (Lipinski definition) is 1. The summed E-state index contributed by atoms with van der Waals surface area (Å²) in [5.74, 6) is 0.403. The van der Waals surface area contributed by atoms with Crippen molar-refractivity contribution in [3.05, 3.63) is 0 Å². The van der Waals surface area contributed by atoms with Crippen molar-refractivity contribution in [2.75, 3.05) is 53.0 Å². The predicted molar refractivity (Wildman–Crippen MR) is 73.5 cm³/mol. The van der Waals surface area contributed by atoms with Crippen LogP contribution in [0.4, 0.5) is 0 Å². The monoisotopic (exact) mass is 289 g/mol. The minimum Gasteiger partial charge on any atom is -0.377 e. The van der Waals surface area contributed by atoms with Gasteiger partial charge in [-0.25, -0.2) is 0 Å². The third-order valence-electron chi connectivity index (χ3n) is 3.77. The van der Waals surface area contributed by atoms with Gasteiger partial charge in [0.15, 0.2) is 0 Å². The van der Waals surface area contributed by atoms with Gasteiger partial charge in [-0.2, -0.15) is 0 Å². The summed E-state index contributed by atoms with van der Waals surface area (Å²) in [6.45, 7) is 4.48. The molecule has 3 atom stereocenters. The zero-order valence-corrected chi connectivity index (χ0v) is 12.1. The van der Waals surface area contributed by atoms with Crippen molar-refractivity contribution in [1.29, 1.82) is 0 Å². The van der Waals surface area contributed by atoms with Crippen LogP contribution in [-0.4, -0.2) is 65.2 Å². The van der Waals surface area contributed by atoms with Crippen LogP contribution in [0.2, 0.25) is 0 Å². The summed E-state index contributed by atoms with van der Waals surface area (Å²) in [7, 11) is 0. The summed E-state index contributed by atoms with van der Waals surface area (Å²) in [6.07, 6.45) is 3.16. The highest BCUT2D eigenvalue weighted by molar-refractivity contribution is 4.82. The van der Waals surface area contributed by atoms with Gasteiger partial charge >= 0.3 is 0 Å². The number of rotatable bonds is 0. The van der Waals surface area contributed by atoms with E-state index in [1.165, 1.54) is 0 Å². The van der Waals surface area contributed by atoms with E-state index in [0.717, 1.165) is 19.3 Å². The van der Waals surface area contributed by atoms with Gasteiger partial charge in [0.1, 0.15) is 6.79 Å². The summed E-state index contributed by atoms with van der Waals surface area (Å²) in [5.41, 5.74) is 6.03. The quantitative estimate of drug-likeness (QED) is 0.701. The second-order valence-corrected chi connectivity index (χ2v) is 5.36. The Bertz CT molecular complexity index is 254. The summed E-state index contributed by atoms with van der Waals surface area (Å²) < 4.78 is 27.7. The first-order valence-corrected chi connectivity index (χ1v) is 7.54. The standard InChI is InChI=1S/C14H27NO5/c15-13-2-1-12-10-19-11-18-6-5-16-3-4-17-7-8-20-14(12)9-13/h12-14H,1-11,15H2. The normalized spacial score (nSPS) is 35.5. The lowest BCUT2D eigenvalue weighted by Gasteiger charge is -2.34. The van der Waals surface area contributed by atoms with Crippen molar-refractivity contribution < 1.29 is 23.7 Å². The highest BCUT2D eigenvalue weighted by atomic mass is 16.7. The number of nitrogens with two attached hydrogens (primary N) is 1. The zero-order chi connectivity index (χ0) is 14.0. The van der Waals surface area contributed by atoms with E-state index in [-0.39, 0.29) is 12.1 Å². The molecule has 2 rings (SSSR count). The van der Waals surface area contributed by atoms with Gasteiger partial charge in [-0.3, -0.25) is 0 Å². The molecule has 1 saturated heterocycles. The Labute approximate surface area is 120 Å². The molecule has 0 aromatic heterocycles. The maximum absolute atomic E-state index is 6.03. The van der Waals surface area contributed by atoms with E-state index in [1.807, 2.05) is 0 Å². The van der Waals surface area contributed by atoms with Gasteiger partial charge in [-0.05, 0) is 19.3 Å². The summed E-state index contributed by atoms with van der Waals surface area (Å²) in [5, 5.41) is 0. The van der Waals surface area contributed by atoms with E-state index >= 15 is 0 Å². The molecule has 6 heteroatoms. The third-order valence-corrected chi connectivity index (χ3v) is 3.77. The number of fused-ring (bicyclic) bond motifs is 1. The first-order chi connectivity index (χ1) is 9.86. The van der Waals surface area contributed by atoms with Crippen molar-refractivity contribution in [2.45, 2.75) is 31.4 Å². The van der Waals surface area contributed by atoms with Crippen LogP contribution < -0.4 is 5.73 Å². The van der Waals surface area contributed by atoms with Crippen LogP contribution in [0.15, 0.2) is 0 Å². The Morgan fingerprint density at radius 3 is 2.25 bits per heavy atom. The summed E-state index contributed by atoms with van der Waals surface area (Å²) in [6, 6.07) is 0.240. The molecule has 20 heavy (non-hydrogen) atoms. The van der Waals surface area contributed by atoms with Gasteiger partial charge in [0.05, 0.1) is 52.4 Å². The van der Waals surface area contributed by atoms with E-state index in [1.54, 1.807) is 0 Å². The van der Waals surface area contributed by atoms with Gasteiger partial charge in [0, 0.05) is 12.0 Å². The minimum atomic E-state index is 0.170. The van der Waals surface area contributed by atoms with Crippen molar-refractivity contribution in [2.24, 2.45) is 11.7 Å². The van der Waals surface area contributed by atoms with Crippen LogP contribution in [0.1, 0.15) is 19.3 Å². The minimum absolute atomic E-state index is 0.170. The van der Waals surface area contributed by atoms with Crippen LogP contribution >= 0.6 is 0 Å². The molecular weight excluding hydrogens is 262 g/mol. The highest BCUT2D eigenvalue weighted by Gasteiger charge is 2.29. The Hall–Kier alpha value is -0.240. The van der Waals surface area contributed by atoms with Crippen LogP contribution in [0.5, 0.6) is 0 Å². The second kappa shape index (κ2) is 9.65. The lowest BCUT2D eigenvalue weighted by atomic mass is 9.84. The molecule has 1 heterocycles. The Balaban J connectivity index is 1.78. The van der Waals surface area contributed by atoms with Gasteiger partial charge in [-0.15, -0.1) is 0 Å². The van der Waals surface area contributed by atoms with E-state index in [0.29, 0.717) is 59.0 Å². The third kappa shape index (κ3) is 6.03. The molecule has 6 nitrogen and oxygen atoms in total. The molecule has 0 spiro atoms. The van der Waals surface area contributed by atoms with Crippen LogP contribution in [0.25, 0.3) is 0 Å². The SMILES string of the molecule is NC1CCC2COCOCCOCCOCCOC2C1. The summed E-state index contributed by atoms with van der Waals surface area (Å²) in [4.78, 5) is 0. The maximum atomic E-state index is 6.03. The molecule has 1 saturated carbocycles. The lowest BCUT2D eigenvalue weighted by Crippen LogP contribution is -2.40. The molecule has 2 N–H and O–H groups in total. The van der Waals surface area contributed by atoms with Crippen LogP contribution in [0.3, 0.4) is 0 Å². The first-order valence-electron chi connectivity index (χ1n) is 7.54. The number of ether oxygens (including phenoxy) is 5. The topological polar surface area (TPSA) is 72.2 Å². The Morgan fingerprint density at radius 1 is 0.750 bits per heavy atom. The Kier molecular flexibility index (Phi) is 7.79. The van der Waals surface area contributed by atoms with Crippen LogP contribution in [-0.2, 0) is 23.7 Å². The van der Waals surface area contributed by atoms with Crippen molar-refractivity contribution in [3.63, 3.8) is 0 Å². The highest BCUT2D eigenvalue weighted by Crippen LogP contribution is 2.26. The van der Waals surface area contributed by atoms with Crippen molar-refractivity contribution >= 4 is 0 Å². The second-order valence-electron chi connectivity index (χ2n) is 5.36. The van der Waals surface area contributed by atoms with Gasteiger partial charge in [0.2, 0.25) is 0 Å². The molecule has 1 aliphatic heterocycles. The molecule has 118 valence electrons. The molecule has 1 aliphatic carbocycles. The van der Waals surface area contributed by atoms with E-state index in [2.05, 4.69) is 0 Å². The van der Waals surface area contributed by atoms with E-state index in [4.69, 9.17) is 29.4 Å². The van der Waals surface area contributed by atoms with Gasteiger partial charge in [-0.1, -0.05) is 0 Å². The van der Waals surface area contributed by atoms with Crippen molar-refractivity contribution in [3.8, 4) is 0 Å². The van der Waals surface area contributed by atoms with Gasteiger partial charge in [0.25, 0.3) is 0 Å². The maximum Gasteiger partial charge on any atom is 0.146 e. The molecule has 3 unspecified atom stereocenters. The molecule has 0 radical (unpaired) electrons. The molecule has 0 aromatic carbocycles. The largest absolute Gasteiger partial charge is 0.377 e. The molecule has 2 aliphatic rings. The van der Waals surface area contributed by atoms with E-state index in [9.17, 15) is 0 Å². The first kappa shape index (κ1) is 16.1. The fraction of sp³-hybridized carbons (Fsp3) is 1.00. The lowest BCUT2D eigenvalue weighted by molar-refractivity contribution is -0.103. The molecule has 0 bridgehead atoms. The van der Waals surface area contributed by atoms with Crippen LogP contribution in [0, 0.1) is 5.92 Å². The molecule has 2 fully saturated rings. The predicted octanol–water partition coefficient (Wildman–Crippen LogP) is 0.537. The average Bonchev–Trinajstić information content (AvgIpc) is 2.45. The summed E-state index contributed by atoms with van der Waals surface area (Å²) >= 11 is 0. The van der Waals surface area contributed by atoms with E-state index < -0.39 is 0 Å². The smallest absolute Gasteiger partial charge is 0.146 e. The Morgan fingerprint density at radius 2 is 1.45 bits per heavy atom. The zero-order valence-electron chi connectivity index (χ0n) is 12.1.